The van der Waals surface area contributed by atoms with Crippen molar-refractivity contribution in [2.45, 2.75) is 13.8 Å². The molecule has 0 fully saturated rings. The molecule has 0 spiro atoms. The zero-order valence-electron chi connectivity index (χ0n) is 12.6. The van der Waals surface area contributed by atoms with E-state index in [1.807, 2.05) is 56.3 Å². The number of benzene rings is 1. The average molecular weight is 385 g/mol. The van der Waals surface area contributed by atoms with Crippen molar-refractivity contribution in [1.29, 1.82) is 5.26 Å². The van der Waals surface area contributed by atoms with Crippen LogP contribution in [0.25, 0.3) is 21.7 Å². The molecule has 2 aromatic heterocycles. The van der Waals surface area contributed by atoms with Crippen LogP contribution in [-0.2, 0) is 0 Å². The summed E-state index contributed by atoms with van der Waals surface area (Å²) >= 11 is 4.93. The van der Waals surface area contributed by atoms with Gasteiger partial charge in [0.15, 0.2) is 0 Å². The molecular weight excluding hydrogens is 372 g/mol. The molecule has 3 aromatic rings. The van der Waals surface area contributed by atoms with Gasteiger partial charge in [-0.2, -0.15) is 5.26 Å². The van der Waals surface area contributed by atoms with Crippen LogP contribution < -0.4 is 5.56 Å². The van der Waals surface area contributed by atoms with Crippen molar-refractivity contribution in [3.8, 4) is 27.8 Å². The predicted molar refractivity (Wildman–Crippen MR) is 97.7 cm³/mol. The maximum absolute atomic E-state index is 12.4. The molecule has 0 aliphatic heterocycles. The number of pyridine rings is 1. The first-order valence-electron chi connectivity index (χ1n) is 7.00. The van der Waals surface area contributed by atoms with Crippen LogP contribution in [0.2, 0.25) is 0 Å². The van der Waals surface area contributed by atoms with E-state index in [0.29, 0.717) is 5.56 Å². The first kappa shape index (κ1) is 15.7. The molecule has 0 bridgehead atoms. The fourth-order valence-electron chi connectivity index (χ4n) is 2.50. The third-order valence-electron chi connectivity index (χ3n) is 3.67. The number of aromatic nitrogens is 1. The normalized spacial score (nSPS) is 10.5. The van der Waals surface area contributed by atoms with Gasteiger partial charge in [0.05, 0.1) is 3.79 Å². The minimum Gasteiger partial charge on any atom is -0.321 e. The lowest BCUT2D eigenvalue weighted by atomic mass is 9.99. The Labute approximate surface area is 146 Å². The molecule has 3 rings (SSSR count). The monoisotopic (exact) mass is 384 g/mol. The summed E-state index contributed by atoms with van der Waals surface area (Å²) in [7, 11) is 0. The number of aromatic amines is 1. The van der Waals surface area contributed by atoms with E-state index in [0.717, 1.165) is 31.0 Å². The number of nitriles is 1. The van der Waals surface area contributed by atoms with Gasteiger partial charge in [-0.05, 0) is 59.6 Å². The van der Waals surface area contributed by atoms with E-state index in [1.165, 1.54) is 11.3 Å². The van der Waals surface area contributed by atoms with E-state index in [1.54, 1.807) is 0 Å². The number of nitrogens with one attached hydrogen (secondary N) is 1. The number of halogens is 1. The minimum atomic E-state index is -0.356. The van der Waals surface area contributed by atoms with Crippen LogP contribution in [-0.4, -0.2) is 4.98 Å². The van der Waals surface area contributed by atoms with Crippen molar-refractivity contribution < 1.29 is 0 Å². The summed E-state index contributed by atoms with van der Waals surface area (Å²) in [5.41, 5.74) is 4.37. The molecule has 3 nitrogen and oxygen atoms in total. The van der Waals surface area contributed by atoms with Gasteiger partial charge in [-0.25, -0.2) is 0 Å². The molecule has 0 atom stereocenters. The minimum absolute atomic E-state index is 0.147. The second kappa shape index (κ2) is 6.15. The van der Waals surface area contributed by atoms with Crippen LogP contribution >= 0.6 is 27.3 Å². The highest BCUT2D eigenvalue weighted by Crippen LogP contribution is 2.34. The highest BCUT2D eigenvalue weighted by Gasteiger charge is 2.15. The Bertz CT molecular complexity index is 995. The van der Waals surface area contributed by atoms with E-state index >= 15 is 0 Å². The third-order valence-corrected chi connectivity index (χ3v) is 5.32. The number of thiophene rings is 1. The standard InChI is InChI=1S/C18H13BrN2OS/c1-10-3-4-11(2)12(7-10)15-8-13(14(9-20)18(22)21-15)16-5-6-17(19)23-16/h3-8H,1-2H3,(H,21,22). The Morgan fingerprint density at radius 1 is 1.13 bits per heavy atom. The van der Waals surface area contributed by atoms with E-state index in [9.17, 15) is 10.1 Å². The van der Waals surface area contributed by atoms with Crippen LogP contribution in [0.3, 0.4) is 0 Å². The van der Waals surface area contributed by atoms with E-state index in [-0.39, 0.29) is 11.1 Å². The van der Waals surface area contributed by atoms with Gasteiger partial charge in [0, 0.05) is 21.7 Å². The maximum atomic E-state index is 12.4. The average Bonchev–Trinajstić information content (AvgIpc) is 2.95. The van der Waals surface area contributed by atoms with E-state index < -0.39 is 0 Å². The van der Waals surface area contributed by atoms with Gasteiger partial charge in [0.25, 0.3) is 5.56 Å². The third kappa shape index (κ3) is 3.00. The first-order chi connectivity index (χ1) is 11.0. The first-order valence-corrected chi connectivity index (χ1v) is 8.61. The Kier molecular flexibility index (Phi) is 4.20. The van der Waals surface area contributed by atoms with Crippen LogP contribution in [0.15, 0.2) is 45.0 Å². The zero-order valence-corrected chi connectivity index (χ0v) is 15.0. The topological polar surface area (TPSA) is 56.6 Å². The quantitative estimate of drug-likeness (QED) is 0.673. The van der Waals surface area contributed by atoms with Gasteiger partial charge in [0.1, 0.15) is 11.6 Å². The van der Waals surface area contributed by atoms with Gasteiger partial charge in [-0.15, -0.1) is 11.3 Å². The summed E-state index contributed by atoms with van der Waals surface area (Å²) in [5, 5.41) is 9.35. The smallest absolute Gasteiger partial charge is 0.267 e. The highest BCUT2D eigenvalue weighted by molar-refractivity contribution is 9.11. The molecular formula is C18H13BrN2OS. The molecule has 1 N–H and O–H groups in total. The lowest BCUT2D eigenvalue weighted by molar-refractivity contribution is 1.21. The molecule has 114 valence electrons. The largest absolute Gasteiger partial charge is 0.321 e. The van der Waals surface area contributed by atoms with E-state index in [2.05, 4.69) is 20.9 Å². The van der Waals surface area contributed by atoms with Crippen LogP contribution in [0.4, 0.5) is 0 Å². The van der Waals surface area contributed by atoms with Crippen molar-refractivity contribution in [2.75, 3.05) is 0 Å². The van der Waals surface area contributed by atoms with Gasteiger partial charge < -0.3 is 4.98 Å². The summed E-state index contributed by atoms with van der Waals surface area (Å²) in [6.45, 7) is 4.02. The number of nitrogens with zero attached hydrogens (tertiary/aromatic N) is 1. The predicted octanol–water partition coefficient (Wildman–Crippen LogP) is 5.02. The molecule has 0 unspecified atom stereocenters. The lowest BCUT2D eigenvalue weighted by Gasteiger charge is -2.10. The number of hydrogen-bond acceptors (Lipinski definition) is 3. The van der Waals surface area contributed by atoms with Crippen molar-refractivity contribution in [2.24, 2.45) is 0 Å². The number of hydrogen-bond donors (Lipinski definition) is 1. The van der Waals surface area contributed by atoms with E-state index in [4.69, 9.17) is 0 Å². The van der Waals surface area contributed by atoms with Crippen LogP contribution in [0.5, 0.6) is 0 Å². The Hall–Kier alpha value is -2.16. The summed E-state index contributed by atoms with van der Waals surface area (Å²) in [6.07, 6.45) is 0. The van der Waals surface area contributed by atoms with Crippen molar-refractivity contribution >= 4 is 27.3 Å². The van der Waals surface area contributed by atoms with Gasteiger partial charge in [-0.1, -0.05) is 17.7 Å². The number of aryl methyl sites for hydroxylation is 2. The van der Waals surface area contributed by atoms with Crippen molar-refractivity contribution in [3.63, 3.8) is 0 Å². The second-order valence-corrected chi connectivity index (χ2v) is 7.80. The lowest BCUT2D eigenvalue weighted by Crippen LogP contribution is -2.12. The second-order valence-electron chi connectivity index (χ2n) is 5.33. The SMILES string of the molecule is Cc1ccc(C)c(-c2cc(-c3ccc(Br)s3)c(C#N)c(=O)[nH]2)c1. The molecule has 0 saturated carbocycles. The zero-order chi connectivity index (χ0) is 16.6. The summed E-state index contributed by atoms with van der Waals surface area (Å²) < 4.78 is 0.963. The molecule has 1 aromatic carbocycles. The van der Waals surface area contributed by atoms with Gasteiger partial charge in [0.2, 0.25) is 0 Å². The summed E-state index contributed by atoms with van der Waals surface area (Å²) in [4.78, 5) is 16.1. The Morgan fingerprint density at radius 3 is 2.57 bits per heavy atom. The van der Waals surface area contributed by atoms with Gasteiger partial charge in [-0.3, -0.25) is 4.79 Å². The van der Waals surface area contributed by atoms with Crippen LogP contribution in [0.1, 0.15) is 16.7 Å². The van der Waals surface area contributed by atoms with Crippen LogP contribution in [0, 0.1) is 25.2 Å². The fraction of sp³-hybridized carbons (Fsp3) is 0.111. The summed E-state index contributed by atoms with van der Waals surface area (Å²) in [6, 6.07) is 13.9. The molecule has 0 radical (unpaired) electrons. The highest BCUT2D eigenvalue weighted by atomic mass is 79.9. The Balaban J connectivity index is 2.29. The summed E-state index contributed by atoms with van der Waals surface area (Å²) in [5.74, 6) is 0. The fourth-order valence-corrected chi connectivity index (χ4v) is 3.90. The van der Waals surface area contributed by atoms with Crippen molar-refractivity contribution in [1.82, 2.24) is 4.98 Å². The molecule has 0 aliphatic rings. The maximum Gasteiger partial charge on any atom is 0.267 e. The molecule has 0 amide bonds. The number of rotatable bonds is 2. The Morgan fingerprint density at radius 2 is 1.91 bits per heavy atom. The molecule has 2 heterocycles. The molecule has 5 heteroatoms. The molecule has 0 saturated heterocycles. The number of H-pyrrole nitrogens is 1. The van der Waals surface area contributed by atoms with Crippen molar-refractivity contribution in [3.05, 3.63) is 67.2 Å². The molecule has 23 heavy (non-hydrogen) atoms. The molecule has 0 aliphatic carbocycles. The van der Waals surface area contributed by atoms with Gasteiger partial charge >= 0.3 is 0 Å².